The van der Waals surface area contributed by atoms with Gasteiger partial charge in [0.2, 0.25) is 5.91 Å². The zero-order valence-electron chi connectivity index (χ0n) is 10.5. The van der Waals surface area contributed by atoms with Gasteiger partial charge >= 0.3 is 0 Å². The van der Waals surface area contributed by atoms with E-state index in [1.165, 1.54) is 6.42 Å². The molecule has 0 aromatic heterocycles. The van der Waals surface area contributed by atoms with Gasteiger partial charge < -0.3 is 15.0 Å². The monoisotopic (exact) mass is 228 g/mol. The first-order valence-electron chi connectivity index (χ1n) is 6.21. The van der Waals surface area contributed by atoms with Crippen LogP contribution in [-0.4, -0.2) is 50.7 Å². The first-order valence-corrected chi connectivity index (χ1v) is 6.21. The fourth-order valence-electron chi connectivity index (χ4n) is 2.14. The molecule has 1 heterocycles. The molecule has 1 fully saturated rings. The van der Waals surface area contributed by atoms with Crippen molar-refractivity contribution in [1.82, 2.24) is 10.2 Å². The lowest BCUT2D eigenvalue weighted by molar-refractivity contribution is -0.132. The predicted molar refractivity (Wildman–Crippen MR) is 64.4 cm³/mol. The molecule has 0 spiro atoms. The van der Waals surface area contributed by atoms with Crippen molar-refractivity contribution in [3.8, 4) is 0 Å². The van der Waals surface area contributed by atoms with E-state index in [1.54, 1.807) is 7.11 Å². The number of ether oxygens (including phenoxy) is 1. The fraction of sp³-hybridized carbons (Fsp3) is 0.917. The summed E-state index contributed by atoms with van der Waals surface area (Å²) in [7, 11) is 3.61. The maximum Gasteiger partial charge on any atom is 0.222 e. The van der Waals surface area contributed by atoms with Gasteiger partial charge in [-0.05, 0) is 38.8 Å². The van der Waals surface area contributed by atoms with Crippen LogP contribution in [0.15, 0.2) is 0 Å². The Kier molecular flexibility index (Phi) is 6.42. The fourth-order valence-corrected chi connectivity index (χ4v) is 2.14. The molecule has 0 aromatic rings. The van der Waals surface area contributed by atoms with Crippen LogP contribution >= 0.6 is 0 Å². The molecule has 1 aliphatic rings. The van der Waals surface area contributed by atoms with Gasteiger partial charge in [-0.2, -0.15) is 0 Å². The number of hydrogen-bond acceptors (Lipinski definition) is 3. The topological polar surface area (TPSA) is 41.6 Å². The SMILES string of the molecule is COCCCC(=O)N(C)C1CCCNCC1. The summed E-state index contributed by atoms with van der Waals surface area (Å²) in [6.07, 6.45) is 4.80. The smallest absolute Gasteiger partial charge is 0.222 e. The average Bonchev–Trinajstić information content (AvgIpc) is 2.56. The second kappa shape index (κ2) is 7.63. The van der Waals surface area contributed by atoms with E-state index in [-0.39, 0.29) is 5.91 Å². The van der Waals surface area contributed by atoms with E-state index in [4.69, 9.17) is 4.74 Å². The van der Waals surface area contributed by atoms with Crippen molar-refractivity contribution in [2.45, 2.75) is 38.1 Å². The molecule has 0 aromatic carbocycles. The molecule has 4 nitrogen and oxygen atoms in total. The van der Waals surface area contributed by atoms with Crippen molar-refractivity contribution in [2.75, 3.05) is 33.9 Å². The minimum atomic E-state index is 0.254. The van der Waals surface area contributed by atoms with Crippen molar-refractivity contribution < 1.29 is 9.53 Å². The molecule has 0 bridgehead atoms. The second-order valence-electron chi connectivity index (χ2n) is 4.44. The number of nitrogens with one attached hydrogen (secondary N) is 1. The van der Waals surface area contributed by atoms with E-state index in [2.05, 4.69) is 5.32 Å². The number of nitrogens with zero attached hydrogens (tertiary/aromatic N) is 1. The van der Waals surface area contributed by atoms with Crippen molar-refractivity contribution >= 4 is 5.91 Å². The van der Waals surface area contributed by atoms with Gasteiger partial charge in [0.1, 0.15) is 0 Å². The van der Waals surface area contributed by atoms with E-state index in [9.17, 15) is 4.79 Å². The molecule has 0 radical (unpaired) electrons. The molecule has 94 valence electrons. The summed E-state index contributed by atoms with van der Waals surface area (Å²) in [5.41, 5.74) is 0. The Balaban J connectivity index is 2.30. The third-order valence-electron chi connectivity index (χ3n) is 3.23. The van der Waals surface area contributed by atoms with E-state index in [1.807, 2.05) is 11.9 Å². The Labute approximate surface area is 98.3 Å². The first-order chi connectivity index (χ1) is 7.75. The molecule has 1 N–H and O–H groups in total. The van der Waals surface area contributed by atoms with Crippen LogP contribution in [0.2, 0.25) is 0 Å². The van der Waals surface area contributed by atoms with Crippen molar-refractivity contribution in [2.24, 2.45) is 0 Å². The molecule has 0 aliphatic carbocycles. The van der Waals surface area contributed by atoms with Crippen LogP contribution in [0.5, 0.6) is 0 Å². The predicted octanol–water partition coefficient (Wildman–Crippen LogP) is 1.01. The third kappa shape index (κ3) is 4.49. The quantitative estimate of drug-likeness (QED) is 0.714. The van der Waals surface area contributed by atoms with Gasteiger partial charge in [-0.25, -0.2) is 0 Å². The van der Waals surface area contributed by atoms with Gasteiger partial charge in [-0.1, -0.05) is 0 Å². The van der Waals surface area contributed by atoms with Gasteiger partial charge in [-0.3, -0.25) is 4.79 Å². The Bertz CT molecular complexity index is 201. The van der Waals surface area contributed by atoms with Crippen LogP contribution in [0, 0.1) is 0 Å². The summed E-state index contributed by atoms with van der Waals surface area (Å²) in [6, 6.07) is 0.421. The average molecular weight is 228 g/mol. The van der Waals surface area contributed by atoms with E-state index < -0.39 is 0 Å². The van der Waals surface area contributed by atoms with Gasteiger partial charge in [0.25, 0.3) is 0 Å². The Morgan fingerprint density at radius 2 is 2.25 bits per heavy atom. The summed E-state index contributed by atoms with van der Waals surface area (Å²) < 4.78 is 4.96. The first kappa shape index (κ1) is 13.5. The number of rotatable bonds is 5. The molecule has 1 amide bonds. The molecule has 4 heteroatoms. The van der Waals surface area contributed by atoms with Crippen molar-refractivity contribution in [3.05, 3.63) is 0 Å². The number of methoxy groups -OCH3 is 1. The lowest BCUT2D eigenvalue weighted by Gasteiger charge is -2.27. The highest BCUT2D eigenvalue weighted by molar-refractivity contribution is 5.76. The highest BCUT2D eigenvalue weighted by Crippen LogP contribution is 2.13. The summed E-state index contributed by atoms with van der Waals surface area (Å²) >= 11 is 0. The van der Waals surface area contributed by atoms with Crippen LogP contribution in [-0.2, 0) is 9.53 Å². The molecule has 1 unspecified atom stereocenters. The highest BCUT2D eigenvalue weighted by Gasteiger charge is 2.20. The normalized spacial score (nSPS) is 21.5. The molecule has 16 heavy (non-hydrogen) atoms. The highest BCUT2D eigenvalue weighted by atomic mass is 16.5. The Morgan fingerprint density at radius 1 is 1.44 bits per heavy atom. The van der Waals surface area contributed by atoms with Gasteiger partial charge in [-0.15, -0.1) is 0 Å². The molecule has 1 rings (SSSR count). The summed E-state index contributed by atoms with van der Waals surface area (Å²) in [5.74, 6) is 0.254. The maximum atomic E-state index is 11.9. The van der Waals surface area contributed by atoms with Crippen LogP contribution in [0.1, 0.15) is 32.1 Å². The van der Waals surface area contributed by atoms with E-state index in [0.717, 1.165) is 32.4 Å². The Hall–Kier alpha value is -0.610. The molecular weight excluding hydrogens is 204 g/mol. The molecule has 1 atom stereocenters. The van der Waals surface area contributed by atoms with E-state index >= 15 is 0 Å². The maximum absolute atomic E-state index is 11.9. The summed E-state index contributed by atoms with van der Waals surface area (Å²) in [5, 5.41) is 3.37. The molecular formula is C12H24N2O2. The largest absolute Gasteiger partial charge is 0.385 e. The number of carbonyl (C=O) groups is 1. The zero-order chi connectivity index (χ0) is 11.8. The number of amides is 1. The lowest BCUT2D eigenvalue weighted by Crippen LogP contribution is -2.37. The van der Waals surface area contributed by atoms with Gasteiger partial charge in [0.15, 0.2) is 0 Å². The van der Waals surface area contributed by atoms with Crippen LogP contribution < -0.4 is 5.32 Å². The number of carbonyl (C=O) groups excluding carboxylic acids is 1. The molecule has 1 saturated heterocycles. The standard InChI is InChI=1S/C12H24N2O2/c1-14(12(15)6-4-10-16-2)11-5-3-8-13-9-7-11/h11,13H,3-10H2,1-2H3. The third-order valence-corrected chi connectivity index (χ3v) is 3.23. The van der Waals surface area contributed by atoms with Crippen LogP contribution in [0.3, 0.4) is 0 Å². The van der Waals surface area contributed by atoms with E-state index in [0.29, 0.717) is 19.1 Å². The van der Waals surface area contributed by atoms with Gasteiger partial charge in [0, 0.05) is 33.2 Å². The molecule has 1 aliphatic heterocycles. The second-order valence-corrected chi connectivity index (χ2v) is 4.44. The number of hydrogen-bond donors (Lipinski definition) is 1. The van der Waals surface area contributed by atoms with Crippen LogP contribution in [0.25, 0.3) is 0 Å². The van der Waals surface area contributed by atoms with Crippen molar-refractivity contribution in [3.63, 3.8) is 0 Å². The summed E-state index contributed by atoms with van der Waals surface area (Å²) in [6.45, 7) is 2.79. The van der Waals surface area contributed by atoms with Gasteiger partial charge in [0.05, 0.1) is 0 Å². The minimum Gasteiger partial charge on any atom is -0.385 e. The zero-order valence-corrected chi connectivity index (χ0v) is 10.5. The molecule has 0 saturated carbocycles. The lowest BCUT2D eigenvalue weighted by atomic mass is 10.1. The van der Waals surface area contributed by atoms with Crippen molar-refractivity contribution in [1.29, 1.82) is 0 Å². The minimum absolute atomic E-state index is 0.254. The summed E-state index contributed by atoms with van der Waals surface area (Å²) in [4.78, 5) is 13.8. The van der Waals surface area contributed by atoms with Crippen LogP contribution in [0.4, 0.5) is 0 Å². The Morgan fingerprint density at radius 3 is 3.00 bits per heavy atom.